The molecule has 1 rings (SSSR count). The van der Waals surface area contributed by atoms with E-state index in [-0.39, 0.29) is 37.1 Å². The number of ketones is 1. The molecular formula is C21H33ClN4O4. The van der Waals surface area contributed by atoms with Gasteiger partial charge in [-0.05, 0) is 38.2 Å². The number of carbonyl (C=O) groups is 3. The maximum Gasteiger partial charge on any atom is 0.245 e. The maximum absolute atomic E-state index is 12.7. The maximum atomic E-state index is 12.7. The van der Waals surface area contributed by atoms with Gasteiger partial charge >= 0.3 is 0 Å². The van der Waals surface area contributed by atoms with Gasteiger partial charge in [-0.2, -0.15) is 0 Å². The Bertz CT molecular complexity index is 709. The Morgan fingerprint density at radius 3 is 2.17 bits per heavy atom. The number of aliphatic hydroxyl groups excluding tert-OH is 1. The van der Waals surface area contributed by atoms with Gasteiger partial charge in [0.2, 0.25) is 11.8 Å². The molecule has 2 amide bonds. The number of aliphatic hydroxyl groups is 1. The Labute approximate surface area is 182 Å². The van der Waals surface area contributed by atoms with Gasteiger partial charge in [-0.25, -0.2) is 0 Å². The number of hydrogen-bond acceptors (Lipinski definition) is 6. The molecule has 1 aromatic carbocycles. The van der Waals surface area contributed by atoms with Crippen LogP contribution in [0.15, 0.2) is 24.3 Å². The molecule has 1 aromatic rings. The molecule has 4 atom stereocenters. The number of nitrogens with two attached hydrogens (primary N) is 1. The van der Waals surface area contributed by atoms with Crippen molar-refractivity contribution in [3.8, 4) is 0 Å². The van der Waals surface area contributed by atoms with Crippen molar-refractivity contribution in [1.29, 1.82) is 0 Å². The number of benzene rings is 1. The van der Waals surface area contributed by atoms with Gasteiger partial charge in [-0.1, -0.05) is 37.6 Å². The second kappa shape index (κ2) is 12.6. The Balaban J connectivity index is 2.83. The van der Waals surface area contributed by atoms with E-state index in [0.717, 1.165) is 5.56 Å². The fourth-order valence-corrected chi connectivity index (χ4v) is 3.15. The average Bonchev–Trinajstić information content (AvgIpc) is 2.69. The lowest BCUT2D eigenvalue weighted by Crippen LogP contribution is -2.57. The third kappa shape index (κ3) is 8.02. The summed E-state index contributed by atoms with van der Waals surface area (Å²) in [7, 11) is 1.67. The van der Waals surface area contributed by atoms with Crippen LogP contribution in [0.2, 0.25) is 5.02 Å². The second-order valence-corrected chi connectivity index (χ2v) is 8.09. The molecule has 0 bridgehead atoms. The molecule has 0 spiro atoms. The summed E-state index contributed by atoms with van der Waals surface area (Å²) in [5, 5.41) is 18.7. The standard InChI is InChI=1S/C21H33ClN4O4/c1-12(2)20(29)17(11-24-4)25-21(30)19(13(3)27)26-18(28)9-15(10-23)14-5-7-16(22)8-6-14/h5-8,12-13,15,17,19,24,27H,9-11,23H2,1-4H3,(H,25,30)(H,26,28)/t13?,15?,17-,19-/m0/s1. The molecule has 0 fully saturated rings. The van der Waals surface area contributed by atoms with Crippen LogP contribution < -0.4 is 21.7 Å². The Morgan fingerprint density at radius 2 is 1.70 bits per heavy atom. The van der Waals surface area contributed by atoms with Gasteiger partial charge in [0.15, 0.2) is 5.78 Å². The summed E-state index contributed by atoms with van der Waals surface area (Å²) >= 11 is 5.90. The largest absolute Gasteiger partial charge is 0.391 e. The first-order chi connectivity index (χ1) is 14.1. The Kier molecular flexibility index (Phi) is 11.0. The van der Waals surface area contributed by atoms with Crippen molar-refractivity contribution in [2.45, 2.75) is 51.3 Å². The normalized spacial score (nSPS) is 15.2. The number of halogens is 1. The SMILES string of the molecule is CNC[C@H](NC(=O)[C@@H](NC(=O)CC(CN)c1ccc(Cl)cc1)C(C)O)C(=O)C(C)C. The van der Waals surface area contributed by atoms with Gasteiger partial charge in [0.05, 0.1) is 6.10 Å². The van der Waals surface area contributed by atoms with Crippen molar-refractivity contribution < 1.29 is 19.5 Å². The topological polar surface area (TPSA) is 134 Å². The van der Waals surface area contributed by atoms with E-state index in [1.165, 1.54) is 6.92 Å². The zero-order valence-corrected chi connectivity index (χ0v) is 18.7. The third-order valence-corrected chi connectivity index (χ3v) is 5.03. The monoisotopic (exact) mass is 440 g/mol. The van der Waals surface area contributed by atoms with Crippen LogP contribution in [0, 0.1) is 5.92 Å². The number of Topliss-reactive ketones (excluding diaryl/α,β-unsaturated/α-hetero) is 1. The molecule has 0 heterocycles. The second-order valence-electron chi connectivity index (χ2n) is 7.65. The van der Waals surface area contributed by atoms with E-state index in [0.29, 0.717) is 5.02 Å². The Hall–Kier alpha value is -2.00. The predicted octanol–water partition coefficient (Wildman–Crippen LogP) is 0.567. The highest BCUT2D eigenvalue weighted by molar-refractivity contribution is 6.30. The number of likely N-dealkylation sites (N-methyl/N-ethyl adjacent to an activating group) is 1. The number of nitrogens with one attached hydrogen (secondary N) is 3. The first-order valence-electron chi connectivity index (χ1n) is 10.0. The Morgan fingerprint density at radius 1 is 1.10 bits per heavy atom. The van der Waals surface area contributed by atoms with E-state index in [2.05, 4.69) is 16.0 Å². The summed E-state index contributed by atoms with van der Waals surface area (Å²) in [6.07, 6.45) is -1.11. The molecule has 30 heavy (non-hydrogen) atoms. The van der Waals surface area contributed by atoms with E-state index in [1.54, 1.807) is 45.2 Å². The van der Waals surface area contributed by atoms with Crippen molar-refractivity contribution in [3.63, 3.8) is 0 Å². The highest BCUT2D eigenvalue weighted by atomic mass is 35.5. The van der Waals surface area contributed by atoms with Crippen LogP contribution in [0.1, 0.15) is 38.7 Å². The van der Waals surface area contributed by atoms with Crippen molar-refractivity contribution in [2.24, 2.45) is 11.7 Å². The molecule has 8 nitrogen and oxygen atoms in total. The molecule has 0 saturated carbocycles. The van der Waals surface area contributed by atoms with E-state index in [4.69, 9.17) is 17.3 Å². The summed E-state index contributed by atoms with van der Waals surface area (Å²) < 4.78 is 0. The minimum Gasteiger partial charge on any atom is -0.391 e. The zero-order chi connectivity index (χ0) is 22.8. The highest BCUT2D eigenvalue weighted by Crippen LogP contribution is 2.20. The van der Waals surface area contributed by atoms with Gasteiger partial charge < -0.3 is 26.8 Å². The number of carbonyl (C=O) groups excluding carboxylic acids is 3. The van der Waals surface area contributed by atoms with Crippen LogP contribution in [0.5, 0.6) is 0 Å². The van der Waals surface area contributed by atoms with Crippen LogP contribution in [-0.2, 0) is 14.4 Å². The van der Waals surface area contributed by atoms with Gasteiger partial charge in [-0.3, -0.25) is 14.4 Å². The summed E-state index contributed by atoms with van der Waals surface area (Å²) in [4.78, 5) is 37.6. The van der Waals surface area contributed by atoms with Crippen molar-refractivity contribution in [3.05, 3.63) is 34.9 Å². The molecule has 0 radical (unpaired) electrons. The molecule has 0 aliphatic heterocycles. The fourth-order valence-electron chi connectivity index (χ4n) is 3.02. The zero-order valence-electron chi connectivity index (χ0n) is 17.9. The summed E-state index contributed by atoms with van der Waals surface area (Å²) in [6, 6.07) is 5.08. The first-order valence-corrected chi connectivity index (χ1v) is 10.4. The lowest BCUT2D eigenvalue weighted by Gasteiger charge is -2.26. The molecule has 6 N–H and O–H groups in total. The molecule has 0 aliphatic rings. The molecular weight excluding hydrogens is 408 g/mol. The molecule has 0 aliphatic carbocycles. The van der Waals surface area contributed by atoms with Crippen LogP contribution >= 0.6 is 11.6 Å². The van der Waals surface area contributed by atoms with E-state index in [1.807, 2.05) is 0 Å². The van der Waals surface area contributed by atoms with Gasteiger partial charge in [0.25, 0.3) is 0 Å². The molecule has 0 aromatic heterocycles. The van der Waals surface area contributed by atoms with Gasteiger partial charge in [0, 0.05) is 29.8 Å². The highest BCUT2D eigenvalue weighted by Gasteiger charge is 2.30. The number of rotatable bonds is 12. The molecule has 2 unspecified atom stereocenters. The summed E-state index contributed by atoms with van der Waals surface area (Å²) in [6.45, 7) is 5.37. The number of amides is 2. The van der Waals surface area contributed by atoms with Crippen LogP contribution in [0.25, 0.3) is 0 Å². The third-order valence-electron chi connectivity index (χ3n) is 4.78. The molecule has 0 saturated heterocycles. The number of hydrogen-bond donors (Lipinski definition) is 5. The van der Waals surface area contributed by atoms with Gasteiger partial charge in [0.1, 0.15) is 12.1 Å². The van der Waals surface area contributed by atoms with Crippen molar-refractivity contribution in [2.75, 3.05) is 20.1 Å². The lowest BCUT2D eigenvalue weighted by molar-refractivity contribution is -0.134. The summed E-state index contributed by atoms with van der Waals surface area (Å²) in [5.41, 5.74) is 6.67. The molecule has 168 valence electrons. The van der Waals surface area contributed by atoms with E-state index >= 15 is 0 Å². The quantitative estimate of drug-likeness (QED) is 0.322. The minimum absolute atomic E-state index is 0.0412. The minimum atomic E-state index is -1.19. The fraction of sp³-hybridized carbons (Fsp3) is 0.571. The first kappa shape index (κ1) is 26.0. The van der Waals surface area contributed by atoms with E-state index in [9.17, 15) is 19.5 Å². The lowest BCUT2D eigenvalue weighted by atomic mass is 9.95. The van der Waals surface area contributed by atoms with Crippen LogP contribution in [-0.4, -0.2) is 61.0 Å². The van der Waals surface area contributed by atoms with E-state index < -0.39 is 30.0 Å². The van der Waals surface area contributed by atoms with Crippen LogP contribution in [0.4, 0.5) is 0 Å². The predicted molar refractivity (Wildman–Crippen MR) is 117 cm³/mol. The molecule has 9 heteroatoms. The average molecular weight is 441 g/mol. The van der Waals surface area contributed by atoms with Crippen molar-refractivity contribution in [1.82, 2.24) is 16.0 Å². The van der Waals surface area contributed by atoms with Crippen LogP contribution in [0.3, 0.4) is 0 Å². The van der Waals surface area contributed by atoms with Gasteiger partial charge in [-0.15, -0.1) is 0 Å². The smallest absolute Gasteiger partial charge is 0.245 e. The van der Waals surface area contributed by atoms with Crippen molar-refractivity contribution >= 4 is 29.2 Å². The summed E-state index contributed by atoms with van der Waals surface area (Å²) in [5.74, 6) is -1.73.